The van der Waals surface area contributed by atoms with Crippen LogP contribution in [0.5, 0.6) is 0 Å². The molecule has 3 aromatic rings. The van der Waals surface area contributed by atoms with Gasteiger partial charge in [0.15, 0.2) is 5.13 Å². The number of hydrogen-bond acceptors (Lipinski definition) is 5. The summed E-state index contributed by atoms with van der Waals surface area (Å²) >= 11 is 1.50. The van der Waals surface area contributed by atoms with E-state index in [-0.39, 0.29) is 16.4 Å². The molecule has 0 spiro atoms. The average molecular weight is 428 g/mol. The van der Waals surface area contributed by atoms with Crippen molar-refractivity contribution in [2.24, 2.45) is 0 Å². The molecule has 0 radical (unpaired) electrons. The summed E-state index contributed by atoms with van der Waals surface area (Å²) in [4.78, 5) is 18.5. The van der Waals surface area contributed by atoms with Gasteiger partial charge in [0.25, 0.3) is 15.9 Å². The molecule has 0 fully saturated rings. The largest absolute Gasteiger partial charge is 0.298 e. The number of hydrogen-bond donors (Lipinski definition) is 1. The third-order valence-corrected chi connectivity index (χ3v) is 7.79. The van der Waals surface area contributed by atoms with Crippen LogP contribution in [-0.4, -0.2) is 26.4 Å². The minimum atomic E-state index is -3.78. The molecule has 0 atom stereocenters. The molecule has 1 amide bonds. The number of rotatable bonds is 5. The molecule has 2 aromatic carbocycles. The summed E-state index contributed by atoms with van der Waals surface area (Å²) in [5, 5.41) is 3.38. The zero-order chi connectivity index (χ0) is 20.4. The molecule has 4 rings (SSSR count). The van der Waals surface area contributed by atoms with Crippen molar-refractivity contribution in [2.75, 3.05) is 16.7 Å². The Morgan fingerprint density at radius 2 is 1.83 bits per heavy atom. The second-order valence-electron chi connectivity index (χ2n) is 6.89. The lowest BCUT2D eigenvalue weighted by atomic mass is 10.0. The first-order valence-electron chi connectivity index (χ1n) is 9.39. The molecule has 8 heteroatoms. The lowest BCUT2D eigenvalue weighted by Crippen LogP contribution is -2.26. The van der Waals surface area contributed by atoms with Crippen LogP contribution in [-0.2, 0) is 22.9 Å². The van der Waals surface area contributed by atoms with Gasteiger partial charge in [0.05, 0.1) is 16.3 Å². The number of thiazole rings is 1. The lowest BCUT2D eigenvalue weighted by Gasteiger charge is -2.19. The van der Waals surface area contributed by atoms with Crippen LogP contribution in [0, 0.1) is 0 Å². The number of nitrogens with one attached hydrogen (secondary N) is 1. The van der Waals surface area contributed by atoms with E-state index in [1.807, 2.05) is 6.07 Å². The number of fused-ring (bicyclic) bond motifs is 1. The van der Waals surface area contributed by atoms with Gasteiger partial charge in [-0.05, 0) is 56.0 Å². The number of benzene rings is 2. The number of nitrogens with zero attached hydrogens (tertiary/aromatic N) is 2. The third-order valence-electron chi connectivity index (χ3n) is 4.94. The Bertz CT molecular complexity index is 1120. The Labute approximate surface area is 174 Å². The Kier molecular flexibility index (Phi) is 5.38. The fourth-order valence-corrected chi connectivity index (χ4v) is 5.59. The van der Waals surface area contributed by atoms with E-state index in [0.717, 1.165) is 31.4 Å². The van der Waals surface area contributed by atoms with E-state index in [4.69, 9.17) is 0 Å². The molecule has 1 aliphatic carbocycles. The summed E-state index contributed by atoms with van der Waals surface area (Å²) in [7, 11) is -2.29. The zero-order valence-electron chi connectivity index (χ0n) is 16.0. The Morgan fingerprint density at radius 1 is 1.07 bits per heavy atom. The Hall–Kier alpha value is -2.71. The predicted molar refractivity (Wildman–Crippen MR) is 115 cm³/mol. The predicted octanol–water partition coefficient (Wildman–Crippen LogP) is 4.10. The maximum atomic E-state index is 13.0. The van der Waals surface area contributed by atoms with Crippen LogP contribution in [0.15, 0.2) is 59.5 Å². The fourth-order valence-electron chi connectivity index (χ4n) is 3.31. The van der Waals surface area contributed by atoms with Crippen LogP contribution >= 0.6 is 11.3 Å². The molecule has 29 heavy (non-hydrogen) atoms. The zero-order valence-corrected chi connectivity index (χ0v) is 17.6. The smallest absolute Gasteiger partial charge is 0.264 e. The van der Waals surface area contributed by atoms with Crippen molar-refractivity contribution in [2.45, 2.75) is 30.6 Å². The summed E-state index contributed by atoms with van der Waals surface area (Å²) in [6.07, 6.45) is 4.22. The maximum absolute atomic E-state index is 13.0. The summed E-state index contributed by atoms with van der Waals surface area (Å²) in [5.41, 5.74) is 1.90. The second-order valence-corrected chi connectivity index (χ2v) is 9.94. The van der Waals surface area contributed by atoms with Gasteiger partial charge in [-0.25, -0.2) is 13.4 Å². The highest BCUT2D eigenvalue weighted by Gasteiger charge is 2.23. The van der Waals surface area contributed by atoms with Crippen LogP contribution in [0.2, 0.25) is 0 Å². The molecule has 0 saturated heterocycles. The molecular formula is C21H21N3O3S2. The topological polar surface area (TPSA) is 79.4 Å². The molecule has 0 bridgehead atoms. The number of carbonyl (C=O) groups excluding carboxylic acids is 1. The van der Waals surface area contributed by atoms with Crippen molar-refractivity contribution < 1.29 is 13.2 Å². The first-order valence-corrected chi connectivity index (χ1v) is 11.6. The van der Waals surface area contributed by atoms with Crippen molar-refractivity contribution in [1.82, 2.24) is 4.98 Å². The van der Waals surface area contributed by atoms with E-state index in [0.29, 0.717) is 10.8 Å². The van der Waals surface area contributed by atoms with Crippen molar-refractivity contribution in [3.63, 3.8) is 0 Å². The molecule has 0 aliphatic heterocycles. The highest BCUT2D eigenvalue weighted by atomic mass is 32.2. The SMILES string of the molecule is CN(c1ccccc1)S(=O)(=O)c1cccc(C(=O)Nc2nc3c(s2)CCCC3)c1. The number of carbonyl (C=O) groups is 1. The summed E-state index contributed by atoms with van der Waals surface area (Å²) in [5.74, 6) is -0.365. The highest BCUT2D eigenvalue weighted by Crippen LogP contribution is 2.30. The van der Waals surface area contributed by atoms with Gasteiger partial charge in [-0.15, -0.1) is 11.3 Å². The number of amides is 1. The number of para-hydroxylation sites is 1. The Morgan fingerprint density at radius 3 is 2.59 bits per heavy atom. The van der Waals surface area contributed by atoms with E-state index >= 15 is 0 Å². The van der Waals surface area contributed by atoms with E-state index in [1.54, 1.807) is 36.4 Å². The molecule has 1 aliphatic rings. The molecule has 1 N–H and O–H groups in total. The number of aromatic nitrogens is 1. The Balaban J connectivity index is 1.56. The molecular weight excluding hydrogens is 406 g/mol. The fraction of sp³-hybridized carbons (Fsp3) is 0.238. The van der Waals surface area contributed by atoms with Gasteiger partial charge in [-0.2, -0.15) is 0 Å². The first-order chi connectivity index (χ1) is 13.9. The van der Waals surface area contributed by atoms with Crippen molar-refractivity contribution in [1.29, 1.82) is 0 Å². The number of anilines is 2. The lowest BCUT2D eigenvalue weighted by molar-refractivity contribution is 0.102. The van der Waals surface area contributed by atoms with Crippen LogP contribution in [0.3, 0.4) is 0 Å². The van der Waals surface area contributed by atoms with E-state index in [9.17, 15) is 13.2 Å². The minimum Gasteiger partial charge on any atom is -0.298 e. The van der Waals surface area contributed by atoms with Gasteiger partial charge < -0.3 is 0 Å². The van der Waals surface area contributed by atoms with E-state index in [1.165, 1.54) is 39.7 Å². The van der Waals surface area contributed by atoms with Gasteiger partial charge in [0.1, 0.15) is 0 Å². The van der Waals surface area contributed by atoms with Crippen LogP contribution in [0.1, 0.15) is 33.8 Å². The monoisotopic (exact) mass is 427 g/mol. The average Bonchev–Trinajstić information content (AvgIpc) is 3.16. The van der Waals surface area contributed by atoms with E-state index in [2.05, 4.69) is 10.3 Å². The third kappa shape index (κ3) is 4.04. The van der Waals surface area contributed by atoms with Crippen LogP contribution < -0.4 is 9.62 Å². The molecule has 0 unspecified atom stereocenters. The van der Waals surface area contributed by atoms with Gasteiger partial charge in [-0.3, -0.25) is 14.4 Å². The van der Waals surface area contributed by atoms with E-state index < -0.39 is 10.0 Å². The summed E-state index contributed by atoms with van der Waals surface area (Å²) < 4.78 is 27.2. The van der Waals surface area contributed by atoms with Crippen molar-refractivity contribution >= 4 is 38.1 Å². The van der Waals surface area contributed by atoms with Gasteiger partial charge in [-0.1, -0.05) is 24.3 Å². The normalized spacial score (nSPS) is 13.6. The molecule has 1 heterocycles. The van der Waals surface area contributed by atoms with Crippen LogP contribution in [0.4, 0.5) is 10.8 Å². The molecule has 1 aromatic heterocycles. The molecule has 0 saturated carbocycles. The van der Waals surface area contributed by atoms with Crippen molar-refractivity contribution in [3.05, 3.63) is 70.7 Å². The number of sulfonamides is 1. The summed E-state index contributed by atoms with van der Waals surface area (Å²) in [6, 6.07) is 14.9. The summed E-state index contributed by atoms with van der Waals surface area (Å²) in [6.45, 7) is 0. The van der Waals surface area contributed by atoms with Gasteiger partial charge in [0, 0.05) is 17.5 Å². The first kappa shape index (κ1) is 19.6. The second kappa shape index (κ2) is 7.96. The van der Waals surface area contributed by atoms with Gasteiger partial charge in [0.2, 0.25) is 0 Å². The standard InChI is InChI=1S/C21H21N3O3S2/c1-24(16-9-3-2-4-10-16)29(26,27)17-11-7-8-15(14-17)20(25)23-21-22-18-12-5-6-13-19(18)28-21/h2-4,7-11,14H,5-6,12-13H2,1H3,(H,22,23,25). The maximum Gasteiger partial charge on any atom is 0.264 e. The minimum absolute atomic E-state index is 0.0648. The quantitative estimate of drug-likeness (QED) is 0.665. The van der Waals surface area contributed by atoms with Gasteiger partial charge >= 0.3 is 0 Å². The number of aryl methyl sites for hydroxylation is 2. The van der Waals surface area contributed by atoms with Crippen molar-refractivity contribution in [3.8, 4) is 0 Å². The molecule has 6 nitrogen and oxygen atoms in total. The highest BCUT2D eigenvalue weighted by molar-refractivity contribution is 7.92. The van der Waals surface area contributed by atoms with Crippen LogP contribution in [0.25, 0.3) is 0 Å². The molecule has 150 valence electrons.